The number of hydrogen-bond acceptors (Lipinski definition) is 2. The van der Waals surface area contributed by atoms with Gasteiger partial charge in [0.05, 0.1) is 18.8 Å². The van der Waals surface area contributed by atoms with Crippen LogP contribution in [0.5, 0.6) is 0 Å². The molecule has 1 aliphatic heterocycles. The van der Waals surface area contributed by atoms with E-state index in [9.17, 15) is 8.78 Å². The van der Waals surface area contributed by atoms with Crippen LogP contribution in [0.3, 0.4) is 0 Å². The predicted octanol–water partition coefficient (Wildman–Crippen LogP) is 1.58. The maximum absolute atomic E-state index is 12.1. The summed E-state index contributed by atoms with van der Waals surface area (Å²) in [7, 11) is 0. The van der Waals surface area contributed by atoms with E-state index in [0.717, 1.165) is 0 Å². The van der Waals surface area contributed by atoms with Gasteiger partial charge in [-0.15, -0.1) is 11.6 Å². The quantitative estimate of drug-likeness (QED) is 0.660. The predicted molar refractivity (Wildman–Crippen MR) is 47.5 cm³/mol. The number of morpholine rings is 1. The highest BCUT2D eigenvalue weighted by Gasteiger charge is 2.26. The van der Waals surface area contributed by atoms with Gasteiger partial charge in [0.15, 0.2) is 0 Å². The van der Waals surface area contributed by atoms with E-state index >= 15 is 0 Å². The Morgan fingerprint density at radius 1 is 1.54 bits per heavy atom. The van der Waals surface area contributed by atoms with Gasteiger partial charge in [-0.05, 0) is 6.92 Å². The van der Waals surface area contributed by atoms with Gasteiger partial charge in [-0.3, -0.25) is 4.90 Å². The van der Waals surface area contributed by atoms with E-state index in [0.29, 0.717) is 19.0 Å². The first-order valence-corrected chi connectivity index (χ1v) is 4.87. The molecule has 0 N–H and O–H groups in total. The van der Waals surface area contributed by atoms with Gasteiger partial charge in [0.2, 0.25) is 0 Å². The van der Waals surface area contributed by atoms with Crippen molar-refractivity contribution in [2.24, 2.45) is 0 Å². The highest BCUT2D eigenvalue weighted by molar-refractivity contribution is 6.18. The average Bonchev–Trinajstić information content (AvgIpc) is 2.01. The molecule has 1 aliphatic rings. The van der Waals surface area contributed by atoms with E-state index in [4.69, 9.17) is 16.3 Å². The van der Waals surface area contributed by atoms with Crippen molar-refractivity contribution in [3.8, 4) is 0 Å². The second-order valence-corrected chi connectivity index (χ2v) is 3.64. The van der Waals surface area contributed by atoms with E-state index in [1.165, 1.54) is 0 Å². The Bertz CT molecular complexity index is 157. The SMILES string of the molecule is CC1CN(CC(F)F)CC(CCl)O1. The van der Waals surface area contributed by atoms with Crippen LogP contribution in [0.2, 0.25) is 0 Å². The Morgan fingerprint density at radius 3 is 2.77 bits per heavy atom. The van der Waals surface area contributed by atoms with E-state index in [1.807, 2.05) is 6.92 Å². The molecular formula is C8H14ClF2NO. The fourth-order valence-electron chi connectivity index (χ4n) is 1.57. The van der Waals surface area contributed by atoms with Crippen LogP contribution in [0.1, 0.15) is 6.92 Å². The lowest BCUT2D eigenvalue weighted by Gasteiger charge is -2.35. The normalized spacial score (nSPS) is 31.2. The lowest BCUT2D eigenvalue weighted by Crippen LogP contribution is -2.48. The van der Waals surface area contributed by atoms with E-state index in [1.54, 1.807) is 4.90 Å². The number of alkyl halides is 3. The number of nitrogens with zero attached hydrogens (tertiary/aromatic N) is 1. The highest BCUT2D eigenvalue weighted by Crippen LogP contribution is 2.13. The third-order valence-electron chi connectivity index (χ3n) is 1.97. The maximum atomic E-state index is 12.1. The number of rotatable bonds is 3. The van der Waals surface area contributed by atoms with Gasteiger partial charge in [-0.2, -0.15) is 0 Å². The second kappa shape index (κ2) is 5.08. The molecular weight excluding hydrogens is 200 g/mol. The first kappa shape index (κ1) is 11.1. The zero-order valence-electron chi connectivity index (χ0n) is 7.55. The fraction of sp³-hybridized carbons (Fsp3) is 1.00. The van der Waals surface area contributed by atoms with Crippen molar-refractivity contribution >= 4 is 11.6 Å². The van der Waals surface area contributed by atoms with Gasteiger partial charge in [0, 0.05) is 19.0 Å². The van der Waals surface area contributed by atoms with Crippen molar-refractivity contribution in [3.63, 3.8) is 0 Å². The molecule has 2 unspecified atom stereocenters. The molecule has 0 aromatic carbocycles. The minimum Gasteiger partial charge on any atom is -0.371 e. The molecule has 1 rings (SSSR count). The first-order chi connectivity index (χ1) is 6.11. The van der Waals surface area contributed by atoms with Gasteiger partial charge < -0.3 is 4.74 Å². The summed E-state index contributed by atoms with van der Waals surface area (Å²) in [5.74, 6) is 0.365. The lowest BCUT2D eigenvalue weighted by atomic mass is 10.2. The van der Waals surface area contributed by atoms with Crippen LogP contribution in [0, 0.1) is 0 Å². The first-order valence-electron chi connectivity index (χ1n) is 4.33. The lowest BCUT2D eigenvalue weighted by molar-refractivity contribution is -0.0777. The van der Waals surface area contributed by atoms with Crippen LogP contribution in [0.25, 0.3) is 0 Å². The summed E-state index contributed by atoms with van der Waals surface area (Å²) < 4.78 is 29.6. The summed E-state index contributed by atoms with van der Waals surface area (Å²) in [6, 6.07) is 0. The molecule has 0 aromatic heterocycles. The van der Waals surface area contributed by atoms with Crippen molar-refractivity contribution in [2.75, 3.05) is 25.5 Å². The zero-order valence-corrected chi connectivity index (χ0v) is 8.31. The van der Waals surface area contributed by atoms with Gasteiger partial charge in [0.25, 0.3) is 6.43 Å². The molecule has 0 spiro atoms. The van der Waals surface area contributed by atoms with Gasteiger partial charge in [-0.25, -0.2) is 8.78 Å². The largest absolute Gasteiger partial charge is 0.371 e. The molecule has 0 saturated carbocycles. The minimum absolute atomic E-state index is 0.00347. The Labute approximate surface area is 81.8 Å². The minimum atomic E-state index is -2.28. The molecule has 2 nitrogen and oxygen atoms in total. The van der Waals surface area contributed by atoms with Gasteiger partial charge in [-0.1, -0.05) is 0 Å². The zero-order chi connectivity index (χ0) is 9.84. The standard InChI is InChI=1S/C8H14ClF2NO/c1-6-3-12(5-8(10)11)4-7(2-9)13-6/h6-8H,2-5H2,1H3. The van der Waals surface area contributed by atoms with Crippen LogP contribution >= 0.6 is 11.6 Å². The summed E-state index contributed by atoms with van der Waals surface area (Å²) in [5.41, 5.74) is 0. The number of ether oxygens (including phenoxy) is 1. The summed E-state index contributed by atoms with van der Waals surface area (Å²) in [5, 5.41) is 0. The molecule has 1 fully saturated rings. The molecule has 0 bridgehead atoms. The molecule has 0 radical (unpaired) electrons. The summed E-state index contributed by atoms with van der Waals surface area (Å²) in [4.78, 5) is 1.70. The molecule has 2 atom stereocenters. The van der Waals surface area contributed by atoms with Crippen molar-refractivity contribution in [1.29, 1.82) is 0 Å². The fourth-order valence-corrected chi connectivity index (χ4v) is 1.74. The van der Waals surface area contributed by atoms with Crippen LogP contribution in [-0.4, -0.2) is 49.0 Å². The molecule has 0 aromatic rings. The van der Waals surface area contributed by atoms with Crippen LogP contribution in [0.15, 0.2) is 0 Å². The summed E-state index contributed by atoms with van der Waals surface area (Å²) in [6.45, 7) is 2.77. The van der Waals surface area contributed by atoms with Crippen LogP contribution in [-0.2, 0) is 4.74 Å². The molecule has 78 valence electrons. The molecule has 0 aliphatic carbocycles. The second-order valence-electron chi connectivity index (χ2n) is 3.33. The molecule has 0 amide bonds. The number of hydrogen-bond donors (Lipinski definition) is 0. The van der Waals surface area contributed by atoms with Gasteiger partial charge >= 0.3 is 0 Å². The monoisotopic (exact) mass is 213 g/mol. The maximum Gasteiger partial charge on any atom is 0.251 e. The van der Waals surface area contributed by atoms with Crippen molar-refractivity contribution in [1.82, 2.24) is 4.90 Å². The van der Waals surface area contributed by atoms with E-state index < -0.39 is 6.43 Å². The molecule has 13 heavy (non-hydrogen) atoms. The third kappa shape index (κ3) is 3.75. The van der Waals surface area contributed by atoms with Crippen molar-refractivity contribution in [3.05, 3.63) is 0 Å². The molecule has 1 heterocycles. The van der Waals surface area contributed by atoms with Crippen molar-refractivity contribution in [2.45, 2.75) is 25.6 Å². The average molecular weight is 214 g/mol. The topological polar surface area (TPSA) is 12.5 Å². The Balaban J connectivity index is 2.37. The van der Waals surface area contributed by atoms with E-state index in [2.05, 4.69) is 0 Å². The van der Waals surface area contributed by atoms with Gasteiger partial charge in [0.1, 0.15) is 0 Å². The molecule has 1 saturated heterocycles. The Hall–Kier alpha value is 0.0700. The van der Waals surface area contributed by atoms with Crippen LogP contribution < -0.4 is 0 Å². The smallest absolute Gasteiger partial charge is 0.251 e. The highest BCUT2D eigenvalue weighted by atomic mass is 35.5. The van der Waals surface area contributed by atoms with E-state index in [-0.39, 0.29) is 18.8 Å². The summed E-state index contributed by atoms with van der Waals surface area (Å²) >= 11 is 5.61. The number of halogens is 3. The Morgan fingerprint density at radius 2 is 2.23 bits per heavy atom. The van der Waals surface area contributed by atoms with Crippen molar-refractivity contribution < 1.29 is 13.5 Å². The van der Waals surface area contributed by atoms with Crippen LogP contribution in [0.4, 0.5) is 8.78 Å². The molecule has 5 heteroatoms. The Kier molecular flexibility index (Phi) is 4.35. The summed E-state index contributed by atoms with van der Waals surface area (Å²) in [6.07, 6.45) is -2.39. The third-order valence-corrected chi connectivity index (χ3v) is 2.31.